The van der Waals surface area contributed by atoms with Crippen molar-refractivity contribution in [2.24, 2.45) is 0 Å². The van der Waals surface area contributed by atoms with E-state index >= 15 is 0 Å². The van der Waals surface area contributed by atoms with E-state index in [0.29, 0.717) is 27.9 Å². The maximum Gasteiger partial charge on any atom is 0.255 e. The zero-order valence-corrected chi connectivity index (χ0v) is 19.3. The third-order valence-corrected chi connectivity index (χ3v) is 5.64. The van der Waals surface area contributed by atoms with Gasteiger partial charge in [0, 0.05) is 41.9 Å². The number of anilines is 2. The summed E-state index contributed by atoms with van der Waals surface area (Å²) in [5, 5.41) is 15.1. The number of hydrogen-bond acceptors (Lipinski definition) is 6. The van der Waals surface area contributed by atoms with Gasteiger partial charge in [0.2, 0.25) is 0 Å². The predicted octanol–water partition coefficient (Wildman–Crippen LogP) is 4.98. The van der Waals surface area contributed by atoms with Gasteiger partial charge in [0.25, 0.3) is 5.91 Å². The number of nitriles is 1. The second-order valence-corrected chi connectivity index (χ2v) is 8.10. The van der Waals surface area contributed by atoms with Crippen molar-refractivity contribution in [2.45, 2.75) is 19.5 Å². The first-order valence-corrected chi connectivity index (χ1v) is 11.0. The minimum Gasteiger partial charge on any atom is -0.398 e. The number of rotatable bonds is 7. The maximum atomic E-state index is 14.9. The molecule has 0 fully saturated rings. The highest BCUT2D eigenvalue weighted by Gasteiger charge is 2.18. The zero-order valence-electron chi connectivity index (χ0n) is 19.3. The first-order chi connectivity index (χ1) is 17.4. The molecule has 9 heteroatoms. The smallest absolute Gasteiger partial charge is 0.255 e. The highest BCUT2D eigenvalue weighted by atomic mass is 19.1. The molecule has 0 spiro atoms. The molecule has 0 aliphatic carbocycles. The molecule has 2 aromatic heterocycles. The molecule has 1 atom stereocenters. The third kappa shape index (κ3) is 5.45. The molecule has 1 amide bonds. The highest BCUT2D eigenvalue weighted by Crippen LogP contribution is 2.27. The van der Waals surface area contributed by atoms with Crippen molar-refractivity contribution < 1.29 is 13.6 Å². The van der Waals surface area contributed by atoms with Crippen molar-refractivity contribution in [3.05, 3.63) is 107 Å². The van der Waals surface area contributed by atoms with Crippen molar-refractivity contribution in [1.29, 1.82) is 5.26 Å². The second-order valence-electron chi connectivity index (χ2n) is 8.10. The van der Waals surface area contributed by atoms with Gasteiger partial charge in [-0.05, 0) is 48.4 Å². The van der Waals surface area contributed by atoms with Crippen LogP contribution in [0, 0.1) is 23.0 Å². The molecule has 0 aliphatic rings. The Morgan fingerprint density at radius 2 is 1.89 bits per heavy atom. The van der Waals surface area contributed by atoms with Gasteiger partial charge in [-0.25, -0.2) is 13.8 Å². The second kappa shape index (κ2) is 10.6. The summed E-state index contributed by atoms with van der Waals surface area (Å²) in [6.07, 6.45) is 4.46. The molecule has 36 heavy (non-hydrogen) atoms. The summed E-state index contributed by atoms with van der Waals surface area (Å²) >= 11 is 0. The number of nitrogen functional groups attached to an aromatic ring is 1. The normalized spacial score (nSPS) is 11.4. The van der Waals surface area contributed by atoms with Crippen LogP contribution in [-0.4, -0.2) is 15.9 Å². The van der Waals surface area contributed by atoms with Crippen LogP contribution in [-0.2, 0) is 6.54 Å². The van der Waals surface area contributed by atoms with Crippen LogP contribution in [0.2, 0.25) is 0 Å². The van der Waals surface area contributed by atoms with Crippen molar-refractivity contribution in [2.75, 3.05) is 11.1 Å². The average molecular weight is 485 g/mol. The molecule has 2 aromatic carbocycles. The lowest BCUT2D eigenvalue weighted by Crippen LogP contribution is -2.28. The molecular formula is C27H22F2N6O. The lowest BCUT2D eigenvalue weighted by atomic mass is 10.0. The van der Waals surface area contributed by atoms with Crippen LogP contribution in [0.1, 0.15) is 40.0 Å². The summed E-state index contributed by atoms with van der Waals surface area (Å²) in [7, 11) is 0. The van der Waals surface area contributed by atoms with Gasteiger partial charge in [0.15, 0.2) is 0 Å². The number of nitrogens with two attached hydrogens (primary N) is 1. The van der Waals surface area contributed by atoms with Crippen LogP contribution in [0.3, 0.4) is 0 Å². The SMILES string of the molecule is C[C@H](NC(=O)c1cc(C#N)cnc1NCc1ccc(-c2cnccc2N)cc1F)c1ccc(F)cc1. The number of amides is 1. The summed E-state index contributed by atoms with van der Waals surface area (Å²) in [4.78, 5) is 21.3. The Balaban J connectivity index is 1.53. The largest absolute Gasteiger partial charge is 0.398 e. The van der Waals surface area contributed by atoms with Crippen LogP contribution >= 0.6 is 0 Å². The molecule has 0 saturated carbocycles. The number of benzene rings is 2. The summed E-state index contributed by atoms with van der Waals surface area (Å²) in [5.41, 5.74) is 9.05. The zero-order chi connectivity index (χ0) is 25.7. The Labute approximate surface area is 206 Å². The third-order valence-electron chi connectivity index (χ3n) is 5.64. The molecule has 180 valence electrons. The fourth-order valence-electron chi connectivity index (χ4n) is 3.63. The Kier molecular flexibility index (Phi) is 7.16. The van der Waals surface area contributed by atoms with E-state index in [9.17, 15) is 18.8 Å². The lowest BCUT2D eigenvalue weighted by molar-refractivity contribution is 0.0940. The van der Waals surface area contributed by atoms with Crippen LogP contribution < -0.4 is 16.4 Å². The first-order valence-electron chi connectivity index (χ1n) is 11.0. The van der Waals surface area contributed by atoms with Gasteiger partial charge in [-0.15, -0.1) is 0 Å². The van der Waals surface area contributed by atoms with E-state index in [4.69, 9.17) is 5.73 Å². The molecule has 0 radical (unpaired) electrons. The molecule has 0 unspecified atom stereocenters. The van der Waals surface area contributed by atoms with Crippen molar-refractivity contribution in [1.82, 2.24) is 15.3 Å². The Morgan fingerprint density at radius 1 is 1.11 bits per heavy atom. The molecule has 0 saturated heterocycles. The topological polar surface area (TPSA) is 117 Å². The lowest BCUT2D eigenvalue weighted by Gasteiger charge is -2.17. The summed E-state index contributed by atoms with van der Waals surface area (Å²) in [6.45, 7) is 1.80. The summed E-state index contributed by atoms with van der Waals surface area (Å²) < 4.78 is 28.1. The van der Waals surface area contributed by atoms with Crippen molar-refractivity contribution >= 4 is 17.4 Å². The van der Waals surface area contributed by atoms with Crippen LogP contribution in [0.4, 0.5) is 20.3 Å². The number of halogens is 2. The molecule has 0 aliphatic heterocycles. The number of carbonyl (C=O) groups is 1. The molecule has 2 heterocycles. The van der Waals surface area contributed by atoms with Crippen LogP contribution in [0.25, 0.3) is 11.1 Å². The number of carbonyl (C=O) groups excluding carboxylic acids is 1. The number of nitrogens with zero attached hydrogens (tertiary/aromatic N) is 3. The standard InChI is InChI=1S/C27H22F2N6O/c1-16(18-4-6-21(28)7-5-18)35-27(36)22-10-17(12-30)13-33-26(22)34-14-20-3-2-19(11-24(20)29)23-15-32-9-8-25(23)31/h2-11,13,15-16H,14H2,1H3,(H2,31,32)(H,33,34)(H,35,36)/t16-/m0/s1. The van der Waals surface area contributed by atoms with E-state index in [0.717, 1.165) is 0 Å². The number of pyridine rings is 2. The summed E-state index contributed by atoms with van der Waals surface area (Å²) in [6, 6.07) is 15.1. The maximum absolute atomic E-state index is 14.9. The molecule has 4 N–H and O–H groups in total. The molecule has 4 aromatic rings. The fourth-order valence-corrected chi connectivity index (χ4v) is 3.63. The fraction of sp³-hybridized carbons (Fsp3) is 0.111. The Morgan fingerprint density at radius 3 is 2.58 bits per heavy atom. The van der Waals surface area contributed by atoms with Crippen molar-refractivity contribution in [3.63, 3.8) is 0 Å². The van der Waals surface area contributed by atoms with Gasteiger partial charge >= 0.3 is 0 Å². The predicted molar refractivity (Wildman–Crippen MR) is 133 cm³/mol. The molecular weight excluding hydrogens is 462 g/mol. The van der Waals surface area contributed by atoms with E-state index in [1.54, 1.807) is 49.6 Å². The average Bonchev–Trinajstić information content (AvgIpc) is 2.88. The van der Waals surface area contributed by atoms with Crippen LogP contribution in [0.5, 0.6) is 0 Å². The highest BCUT2D eigenvalue weighted by molar-refractivity contribution is 5.99. The van der Waals surface area contributed by atoms with E-state index in [1.807, 2.05) is 6.07 Å². The van der Waals surface area contributed by atoms with Gasteiger partial charge in [0.1, 0.15) is 23.5 Å². The van der Waals surface area contributed by atoms with E-state index in [1.165, 1.54) is 30.5 Å². The first kappa shape index (κ1) is 24.3. The van der Waals surface area contributed by atoms with Gasteiger partial charge in [0.05, 0.1) is 17.2 Å². The van der Waals surface area contributed by atoms with E-state index in [2.05, 4.69) is 20.6 Å². The van der Waals surface area contributed by atoms with Gasteiger partial charge < -0.3 is 16.4 Å². The Bertz CT molecular complexity index is 1450. The van der Waals surface area contributed by atoms with Gasteiger partial charge in [-0.2, -0.15) is 5.26 Å². The molecule has 7 nitrogen and oxygen atoms in total. The minimum absolute atomic E-state index is 0.0430. The quantitative estimate of drug-likeness (QED) is 0.341. The van der Waals surface area contributed by atoms with E-state index < -0.39 is 17.8 Å². The van der Waals surface area contributed by atoms with Gasteiger partial charge in [-0.1, -0.05) is 24.3 Å². The number of aromatic nitrogens is 2. The number of hydrogen-bond donors (Lipinski definition) is 3. The van der Waals surface area contributed by atoms with Crippen molar-refractivity contribution in [3.8, 4) is 17.2 Å². The van der Waals surface area contributed by atoms with Crippen LogP contribution in [0.15, 0.2) is 73.2 Å². The number of nitrogens with one attached hydrogen (secondary N) is 2. The monoisotopic (exact) mass is 484 g/mol. The molecule has 0 bridgehead atoms. The molecule has 4 rings (SSSR count). The van der Waals surface area contributed by atoms with E-state index in [-0.39, 0.29) is 29.3 Å². The summed E-state index contributed by atoms with van der Waals surface area (Å²) in [5.74, 6) is -1.13. The Hall–Kier alpha value is -4.84. The van der Waals surface area contributed by atoms with Gasteiger partial charge in [-0.3, -0.25) is 9.78 Å². The minimum atomic E-state index is -0.484.